The number of hydrogen-bond acceptors (Lipinski definition) is 4. The molecule has 0 unspecified atom stereocenters. The summed E-state index contributed by atoms with van der Waals surface area (Å²) >= 11 is 0. The maximum absolute atomic E-state index is 12.7. The summed E-state index contributed by atoms with van der Waals surface area (Å²) in [5.41, 5.74) is 6.41. The fraction of sp³-hybridized carbons (Fsp3) is 0.250. The highest BCUT2D eigenvalue weighted by molar-refractivity contribution is 5.86. The normalized spacial score (nSPS) is 12.8. The van der Waals surface area contributed by atoms with Crippen LogP contribution in [0.25, 0.3) is 11.1 Å². The monoisotopic (exact) mass is 472 g/mol. The van der Waals surface area contributed by atoms with Gasteiger partial charge in [-0.25, -0.2) is 4.79 Å². The van der Waals surface area contributed by atoms with Crippen molar-refractivity contribution in [2.75, 3.05) is 6.61 Å². The van der Waals surface area contributed by atoms with Crippen molar-refractivity contribution in [3.8, 4) is 11.1 Å². The number of hydrogen-bond donors (Lipinski definition) is 3. The van der Waals surface area contributed by atoms with E-state index in [2.05, 4.69) is 22.8 Å². The van der Waals surface area contributed by atoms with Gasteiger partial charge in [0.05, 0.1) is 0 Å². The summed E-state index contributed by atoms with van der Waals surface area (Å²) in [6, 6.07) is 22.7. The SMILES string of the molecule is Cc1ccc(CNC(=O)[C@H](CCC(=O)O)NC(=O)OCC2c3ccccc3-c3ccccc32)cc1. The standard InChI is InChI=1S/C28H28N2O5/c1-18-10-12-19(13-11-18)16-29-27(33)25(14-15-26(31)32)30-28(34)35-17-24-22-8-4-2-6-20(22)21-7-3-5-9-23(21)24/h2-13,24-25H,14-17H2,1H3,(H,29,33)(H,30,34)(H,31,32)/t25-/m0/s1. The van der Waals surface area contributed by atoms with Crippen molar-refractivity contribution in [1.29, 1.82) is 0 Å². The summed E-state index contributed by atoms with van der Waals surface area (Å²) in [5, 5.41) is 14.4. The van der Waals surface area contributed by atoms with E-state index in [0.29, 0.717) is 0 Å². The summed E-state index contributed by atoms with van der Waals surface area (Å²) in [6.07, 6.45) is -1.06. The lowest BCUT2D eigenvalue weighted by Gasteiger charge is -2.19. The predicted octanol–water partition coefficient (Wildman–Crippen LogP) is 4.38. The first-order valence-corrected chi connectivity index (χ1v) is 11.6. The Hall–Kier alpha value is -4.13. The van der Waals surface area contributed by atoms with Crippen molar-refractivity contribution in [1.82, 2.24) is 10.6 Å². The predicted molar refractivity (Wildman–Crippen MR) is 132 cm³/mol. The molecule has 0 fully saturated rings. The minimum atomic E-state index is -1.05. The molecule has 3 N–H and O–H groups in total. The van der Waals surface area contributed by atoms with E-state index in [0.717, 1.165) is 33.4 Å². The Morgan fingerprint density at radius 3 is 2.11 bits per heavy atom. The van der Waals surface area contributed by atoms with Gasteiger partial charge in [-0.05, 0) is 41.2 Å². The lowest BCUT2D eigenvalue weighted by Crippen LogP contribution is -2.47. The average Bonchev–Trinajstić information content (AvgIpc) is 3.18. The van der Waals surface area contributed by atoms with E-state index in [1.807, 2.05) is 67.6 Å². The van der Waals surface area contributed by atoms with Gasteiger partial charge in [-0.1, -0.05) is 78.4 Å². The molecule has 7 heteroatoms. The molecule has 0 heterocycles. The Bertz CT molecular complexity index is 1180. The van der Waals surface area contributed by atoms with Gasteiger partial charge in [-0.15, -0.1) is 0 Å². The number of ether oxygens (including phenoxy) is 1. The lowest BCUT2D eigenvalue weighted by atomic mass is 9.98. The second-order valence-corrected chi connectivity index (χ2v) is 8.66. The van der Waals surface area contributed by atoms with Crippen LogP contribution in [-0.2, 0) is 20.9 Å². The van der Waals surface area contributed by atoms with E-state index in [4.69, 9.17) is 9.84 Å². The summed E-state index contributed by atoms with van der Waals surface area (Å²) < 4.78 is 5.53. The topological polar surface area (TPSA) is 105 Å². The van der Waals surface area contributed by atoms with Crippen LogP contribution in [0.1, 0.15) is 41.0 Å². The molecule has 4 rings (SSSR count). The van der Waals surface area contributed by atoms with Gasteiger partial charge in [0.1, 0.15) is 12.6 Å². The van der Waals surface area contributed by atoms with Crippen LogP contribution in [-0.4, -0.2) is 35.7 Å². The first-order chi connectivity index (χ1) is 16.9. The van der Waals surface area contributed by atoms with E-state index in [1.54, 1.807) is 0 Å². The molecular weight excluding hydrogens is 444 g/mol. The number of carbonyl (C=O) groups excluding carboxylic acids is 2. The second-order valence-electron chi connectivity index (χ2n) is 8.66. The zero-order valence-corrected chi connectivity index (χ0v) is 19.5. The van der Waals surface area contributed by atoms with Crippen molar-refractivity contribution in [3.05, 3.63) is 95.1 Å². The van der Waals surface area contributed by atoms with Gasteiger partial charge in [0, 0.05) is 18.9 Å². The van der Waals surface area contributed by atoms with E-state index >= 15 is 0 Å². The summed E-state index contributed by atoms with van der Waals surface area (Å²) in [5.74, 6) is -1.61. The summed E-state index contributed by atoms with van der Waals surface area (Å²) in [4.78, 5) is 36.5. The number of nitrogens with one attached hydrogen (secondary N) is 2. The zero-order chi connectivity index (χ0) is 24.8. The molecule has 3 aromatic carbocycles. The maximum Gasteiger partial charge on any atom is 0.407 e. The maximum atomic E-state index is 12.7. The van der Waals surface area contributed by atoms with Crippen molar-refractivity contribution >= 4 is 18.0 Å². The highest BCUT2D eigenvalue weighted by atomic mass is 16.5. The molecule has 0 saturated heterocycles. The number of fused-ring (bicyclic) bond motifs is 3. The minimum Gasteiger partial charge on any atom is -0.481 e. The van der Waals surface area contributed by atoms with Crippen LogP contribution in [0.4, 0.5) is 4.79 Å². The molecule has 1 aliphatic rings. The highest BCUT2D eigenvalue weighted by Gasteiger charge is 2.30. The Morgan fingerprint density at radius 2 is 1.51 bits per heavy atom. The van der Waals surface area contributed by atoms with Gasteiger partial charge in [0.2, 0.25) is 5.91 Å². The summed E-state index contributed by atoms with van der Waals surface area (Å²) in [6.45, 7) is 2.36. The smallest absolute Gasteiger partial charge is 0.407 e. The van der Waals surface area contributed by atoms with Gasteiger partial charge in [-0.2, -0.15) is 0 Å². The van der Waals surface area contributed by atoms with E-state index in [-0.39, 0.29) is 31.9 Å². The van der Waals surface area contributed by atoms with Crippen LogP contribution in [0.2, 0.25) is 0 Å². The van der Waals surface area contributed by atoms with Crippen LogP contribution in [0.5, 0.6) is 0 Å². The van der Waals surface area contributed by atoms with Crippen molar-refractivity contribution in [3.63, 3.8) is 0 Å². The first-order valence-electron chi connectivity index (χ1n) is 11.6. The number of aliphatic carboxylic acids is 1. The van der Waals surface area contributed by atoms with Gasteiger partial charge < -0.3 is 20.5 Å². The third kappa shape index (κ3) is 5.87. The third-order valence-electron chi connectivity index (χ3n) is 6.19. The largest absolute Gasteiger partial charge is 0.481 e. The number of alkyl carbamates (subject to hydrolysis) is 1. The van der Waals surface area contributed by atoms with Crippen LogP contribution in [0.3, 0.4) is 0 Å². The molecule has 1 aliphatic carbocycles. The Balaban J connectivity index is 1.38. The molecule has 2 amide bonds. The summed E-state index contributed by atoms with van der Waals surface area (Å²) in [7, 11) is 0. The number of aryl methyl sites for hydroxylation is 1. The second kappa shape index (κ2) is 10.9. The quantitative estimate of drug-likeness (QED) is 0.429. The number of carbonyl (C=O) groups is 3. The van der Waals surface area contributed by atoms with Crippen LogP contribution in [0, 0.1) is 6.92 Å². The first kappa shape index (κ1) is 24.0. The van der Waals surface area contributed by atoms with E-state index in [1.165, 1.54) is 0 Å². The zero-order valence-electron chi connectivity index (χ0n) is 19.5. The Morgan fingerprint density at radius 1 is 0.914 bits per heavy atom. The van der Waals surface area contributed by atoms with E-state index < -0.39 is 24.0 Å². The van der Waals surface area contributed by atoms with Gasteiger partial charge in [-0.3, -0.25) is 9.59 Å². The molecule has 1 atom stereocenters. The molecule has 0 radical (unpaired) electrons. The number of amides is 2. The van der Waals surface area contributed by atoms with E-state index in [9.17, 15) is 14.4 Å². The van der Waals surface area contributed by atoms with Gasteiger partial charge >= 0.3 is 12.1 Å². The average molecular weight is 473 g/mol. The molecule has 7 nitrogen and oxygen atoms in total. The fourth-order valence-electron chi connectivity index (χ4n) is 4.34. The molecule has 0 bridgehead atoms. The molecule has 0 aliphatic heterocycles. The van der Waals surface area contributed by atoms with Crippen LogP contribution in [0.15, 0.2) is 72.8 Å². The number of carboxylic acids is 1. The Labute approximate surface area is 204 Å². The number of carboxylic acid groups (broad SMARTS) is 1. The van der Waals surface area contributed by atoms with Gasteiger partial charge in [0.25, 0.3) is 0 Å². The van der Waals surface area contributed by atoms with Crippen LogP contribution < -0.4 is 10.6 Å². The van der Waals surface area contributed by atoms with Crippen molar-refractivity contribution in [2.45, 2.75) is 38.3 Å². The van der Waals surface area contributed by atoms with Crippen molar-refractivity contribution < 1.29 is 24.2 Å². The Kier molecular flexibility index (Phi) is 7.45. The highest BCUT2D eigenvalue weighted by Crippen LogP contribution is 2.44. The third-order valence-corrected chi connectivity index (χ3v) is 6.19. The van der Waals surface area contributed by atoms with Crippen LogP contribution >= 0.6 is 0 Å². The van der Waals surface area contributed by atoms with Crippen molar-refractivity contribution in [2.24, 2.45) is 0 Å². The molecular formula is C28H28N2O5. The minimum absolute atomic E-state index is 0.0424. The number of benzene rings is 3. The van der Waals surface area contributed by atoms with Gasteiger partial charge in [0.15, 0.2) is 0 Å². The molecule has 0 spiro atoms. The molecule has 3 aromatic rings. The lowest BCUT2D eigenvalue weighted by molar-refractivity contribution is -0.137. The molecule has 0 saturated carbocycles. The molecule has 180 valence electrons. The molecule has 0 aromatic heterocycles. The molecule has 35 heavy (non-hydrogen) atoms. The fourth-order valence-corrected chi connectivity index (χ4v) is 4.34. The number of rotatable bonds is 9.